The molecular formula is C24H20O8. The second-order valence-corrected chi connectivity index (χ2v) is 6.56. The highest BCUT2D eigenvalue weighted by molar-refractivity contribution is 6.09. The molecule has 0 saturated carbocycles. The van der Waals surface area contributed by atoms with Crippen molar-refractivity contribution in [2.45, 2.75) is 12.8 Å². The summed E-state index contributed by atoms with van der Waals surface area (Å²) in [5.74, 6) is -3.99. The molecule has 0 aromatic heterocycles. The Hall–Kier alpha value is -4.20. The van der Waals surface area contributed by atoms with E-state index in [2.05, 4.69) is 9.47 Å². The Labute approximate surface area is 183 Å². The van der Waals surface area contributed by atoms with Crippen LogP contribution >= 0.6 is 0 Å². The molecule has 0 amide bonds. The van der Waals surface area contributed by atoms with Gasteiger partial charge in [0.25, 0.3) is 0 Å². The Balaban J connectivity index is 1.66. The highest BCUT2D eigenvalue weighted by Gasteiger charge is 2.14. The number of Topliss-reactive ketones (excluding diaryl/α,β-unsaturated/α-hetero) is 4. The van der Waals surface area contributed by atoms with Crippen LogP contribution in [0.1, 0.15) is 33.6 Å². The molecule has 2 aromatic carbocycles. The summed E-state index contributed by atoms with van der Waals surface area (Å²) in [6.07, 6.45) is 0.613. The number of carbonyl (C=O) groups is 6. The minimum absolute atomic E-state index is 0.370. The molecule has 8 nitrogen and oxygen atoms in total. The lowest BCUT2D eigenvalue weighted by molar-refractivity contribution is -0.144. The first-order valence-corrected chi connectivity index (χ1v) is 9.56. The quantitative estimate of drug-likeness (QED) is 0.215. The molecule has 0 unspecified atom stereocenters. The zero-order chi connectivity index (χ0) is 23.3. The molecule has 0 bridgehead atoms. The number of hydrogen-bond acceptors (Lipinski definition) is 8. The second kappa shape index (κ2) is 12.5. The molecule has 0 atom stereocenters. The Bertz CT molecular complexity index is 939. The van der Waals surface area contributed by atoms with E-state index >= 15 is 0 Å². The minimum atomic E-state index is -0.993. The summed E-state index contributed by atoms with van der Waals surface area (Å²) in [5.41, 5.74) is 0.740. The van der Waals surface area contributed by atoms with Crippen LogP contribution < -0.4 is 0 Å². The average Bonchev–Trinajstić information content (AvgIpc) is 2.81. The summed E-state index contributed by atoms with van der Waals surface area (Å²) >= 11 is 0. The number of rotatable bonds is 12. The molecular weight excluding hydrogens is 416 g/mol. The highest BCUT2D eigenvalue weighted by Crippen LogP contribution is 2.05. The number of hydrogen-bond donors (Lipinski definition) is 0. The number of esters is 2. The van der Waals surface area contributed by atoms with Gasteiger partial charge in [-0.15, -0.1) is 0 Å². The standard InChI is InChI=1S/C24H20O8/c25-19(13-21(27)17-7-3-1-4-8-17)15-31-23(29)11-12-24(30)32-16-20(26)14-22(28)18-9-5-2-6-10-18/h1-12H,13-16H2/b12-11+. The molecule has 0 aliphatic carbocycles. The van der Waals surface area contributed by atoms with Crippen molar-refractivity contribution in [3.05, 3.63) is 83.9 Å². The predicted molar refractivity (Wildman–Crippen MR) is 112 cm³/mol. The maximum absolute atomic E-state index is 11.9. The van der Waals surface area contributed by atoms with Crippen LogP contribution in [0.15, 0.2) is 72.8 Å². The molecule has 0 spiro atoms. The third kappa shape index (κ3) is 8.66. The maximum Gasteiger partial charge on any atom is 0.331 e. The number of ketones is 4. The Morgan fingerprint density at radius 3 is 1.25 bits per heavy atom. The molecule has 0 aliphatic heterocycles. The molecule has 0 saturated heterocycles. The third-order valence-corrected chi connectivity index (χ3v) is 4.01. The van der Waals surface area contributed by atoms with Crippen LogP contribution in [0.3, 0.4) is 0 Å². The fourth-order valence-corrected chi connectivity index (χ4v) is 2.45. The molecule has 0 heterocycles. The van der Waals surface area contributed by atoms with Gasteiger partial charge < -0.3 is 9.47 Å². The van der Waals surface area contributed by atoms with Gasteiger partial charge in [0.2, 0.25) is 0 Å². The number of carbonyl (C=O) groups excluding carboxylic acids is 6. The van der Waals surface area contributed by atoms with Gasteiger partial charge in [-0.1, -0.05) is 60.7 Å². The van der Waals surface area contributed by atoms with Gasteiger partial charge in [0.05, 0.1) is 12.8 Å². The monoisotopic (exact) mass is 436 g/mol. The molecule has 0 radical (unpaired) electrons. The summed E-state index contributed by atoms with van der Waals surface area (Å²) in [6.45, 7) is -1.26. The van der Waals surface area contributed by atoms with Gasteiger partial charge in [0.1, 0.15) is 0 Å². The largest absolute Gasteiger partial charge is 0.455 e. The van der Waals surface area contributed by atoms with E-state index in [1.807, 2.05) is 0 Å². The lowest BCUT2D eigenvalue weighted by atomic mass is 10.1. The van der Waals surface area contributed by atoms with E-state index in [-0.39, 0.29) is 0 Å². The Morgan fingerprint density at radius 1 is 0.562 bits per heavy atom. The fraction of sp³-hybridized carbons (Fsp3) is 0.167. The van der Waals surface area contributed by atoms with Gasteiger partial charge in [0.15, 0.2) is 36.3 Å². The lowest BCUT2D eigenvalue weighted by Crippen LogP contribution is -2.17. The number of benzene rings is 2. The lowest BCUT2D eigenvalue weighted by Gasteiger charge is -2.03. The van der Waals surface area contributed by atoms with Crippen LogP contribution in [0.5, 0.6) is 0 Å². The first-order valence-electron chi connectivity index (χ1n) is 9.56. The molecule has 0 N–H and O–H groups in total. The van der Waals surface area contributed by atoms with Crippen LogP contribution in [-0.2, 0) is 28.7 Å². The van der Waals surface area contributed by atoms with E-state index in [0.29, 0.717) is 11.1 Å². The maximum atomic E-state index is 11.9. The molecule has 0 aliphatic rings. The summed E-state index contributed by atoms with van der Waals surface area (Å²) < 4.78 is 9.34. The average molecular weight is 436 g/mol. The van der Waals surface area contributed by atoms with Crippen LogP contribution in [0.25, 0.3) is 0 Å². The van der Waals surface area contributed by atoms with Crippen LogP contribution in [0.2, 0.25) is 0 Å². The number of ether oxygens (including phenoxy) is 2. The van der Waals surface area contributed by atoms with Crippen molar-refractivity contribution in [2.75, 3.05) is 13.2 Å². The first kappa shape index (κ1) is 24.1. The molecule has 2 rings (SSSR count). The van der Waals surface area contributed by atoms with E-state index in [0.717, 1.165) is 12.2 Å². The van der Waals surface area contributed by atoms with Gasteiger partial charge in [-0.25, -0.2) is 9.59 Å². The van der Waals surface area contributed by atoms with Crippen molar-refractivity contribution < 1.29 is 38.2 Å². The SMILES string of the molecule is O=C(COC(=O)/C=C/C(=O)OCC(=O)CC(=O)c1ccccc1)CC(=O)c1ccccc1. The van der Waals surface area contributed by atoms with Gasteiger partial charge in [-0.2, -0.15) is 0 Å². The smallest absolute Gasteiger partial charge is 0.331 e. The van der Waals surface area contributed by atoms with Gasteiger partial charge in [0, 0.05) is 23.3 Å². The minimum Gasteiger partial charge on any atom is -0.455 e. The Kier molecular flexibility index (Phi) is 9.39. The fourth-order valence-electron chi connectivity index (χ4n) is 2.45. The van der Waals surface area contributed by atoms with Crippen LogP contribution in [-0.4, -0.2) is 48.3 Å². The van der Waals surface area contributed by atoms with E-state index in [1.54, 1.807) is 60.7 Å². The zero-order valence-corrected chi connectivity index (χ0v) is 17.0. The van der Waals surface area contributed by atoms with Crippen molar-refractivity contribution in [1.82, 2.24) is 0 Å². The summed E-state index contributed by atoms with van der Waals surface area (Å²) in [6, 6.07) is 16.4. The first-order chi connectivity index (χ1) is 15.3. The summed E-state index contributed by atoms with van der Waals surface area (Å²) in [7, 11) is 0. The normalized spacial score (nSPS) is 10.4. The van der Waals surface area contributed by atoms with Crippen LogP contribution in [0, 0.1) is 0 Å². The highest BCUT2D eigenvalue weighted by atomic mass is 16.5. The van der Waals surface area contributed by atoms with E-state index < -0.39 is 61.1 Å². The third-order valence-electron chi connectivity index (χ3n) is 4.01. The van der Waals surface area contributed by atoms with Crippen molar-refractivity contribution >= 4 is 35.1 Å². The Morgan fingerprint density at radius 2 is 0.906 bits per heavy atom. The van der Waals surface area contributed by atoms with E-state index in [4.69, 9.17) is 0 Å². The molecule has 0 fully saturated rings. The van der Waals surface area contributed by atoms with Crippen molar-refractivity contribution in [3.8, 4) is 0 Å². The summed E-state index contributed by atoms with van der Waals surface area (Å²) in [5, 5.41) is 0. The molecule has 164 valence electrons. The van der Waals surface area contributed by atoms with Crippen molar-refractivity contribution in [2.24, 2.45) is 0 Å². The van der Waals surface area contributed by atoms with Gasteiger partial charge in [-0.05, 0) is 0 Å². The van der Waals surface area contributed by atoms with E-state index in [9.17, 15) is 28.8 Å². The molecule has 8 heteroatoms. The van der Waals surface area contributed by atoms with Crippen molar-refractivity contribution in [3.63, 3.8) is 0 Å². The second-order valence-electron chi connectivity index (χ2n) is 6.56. The van der Waals surface area contributed by atoms with Gasteiger partial charge >= 0.3 is 11.9 Å². The van der Waals surface area contributed by atoms with Crippen molar-refractivity contribution in [1.29, 1.82) is 0 Å². The van der Waals surface area contributed by atoms with Gasteiger partial charge in [-0.3, -0.25) is 19.2 Å². The summed E-state index contributed by atoms with van der Waals surface area (Å²) in [4.78, 5) is 70.5. The predicted octanol–water partition coefficient (Wildman–Crippen LogP) is 2.31. The molecule has 2 aromatic rings. The topological polar surface area (TPSA) is 121 Å². The van der Waals surface area contributed by atoms with E-state index in [1.165, 1.54) is 0 Å². The van der Waals surface area contributed by atoms with Crippen LogP contribution in [0.4, 0.5) is 0 Å². The molecule has 32 heavy (non-hydrogen) atoms. The zero-order valence-electron chi connectivity index (χ0n) is 17.0.